The summed E-state index contributed by atoms with van der Waals surface area (Å²) in [5.74, 6) is 0. The lowest BCUT2D eigenvalue weighted by Crippen LogP contribution is -2.18. The van der Waals surface area contributed by atoms with Crippen LogP contribution in [-0.4, -0.2) is 16.8 Å². The van der Waals surface area contributed by atoms with Crippen LogP contribution in [0.3, 0.4) is 0 Å². The minimum atomic E-state index is 0.265. The molecule has 0 amide bonds. The van der Waals surface area contributed by atoms with Gasteiger partial charge in [0.1, 0.15) is 5.15 Å². The number of hydrogen-bond donors (Lipinski definition) is 1. The molecule has 0 fully saturated rings. The van der Waals surface area contributed by atoms with Gasteiger partial charge in [-0.25, -0.2) is 0 Å². The van der Waals surface area contributed by atoms with Gasteiger partial charge in [0.25, 0.3) is 0 Å². The van der Waals surface area contributed by atoms with Crippen LogP contribution in [0.2, 0.25) is 5.15 Å². The van der Waals surface area contributed by atoms with Crippen LogP contribution in [0.1, 0.15) is 22.2 Å². The van der Waals surface area contributed by atoms with Crippen LogP contribution in [0.5, 0.6) is 0 Å². The standard InChI is InChI=1S/C12H15BrClN3S/c1-7-8(12(14)17(3)16-7)6-9(15-2)10-4-5-11(13)18-10/h4-5,9,15H,6H2,1-3H3. The van der Waals surface area contributed by atoms with Gasteiger partial charge in [-0.15, -0.1) is 11.3 Å². The number of likely N-dealkylation sites (N-methyl/N-ethyl adjacent to an activating group) is 1. The highest BCUT2D eigenvalue weighted by molar-refractivity contribution is 9.11. The van der Waals surface area contributed by atoms with E-state index in [0.29, 0.717) is 0 Å². The Morgan fingerprint density at radius 2 is 2.28 bits per heavy atom. The molecule has 0 saturated heterocycles. The van der Waals surface area contributed by atoms with Gasteiger partial charge in [0.2, 0.25) is 0 Å². The van der Waals surface area contributed by atoms with E-state index in [1.54, 1.807) is 16.0 Å². The third-order valence-electron chi connectivity index (χ3n) is 2.96. The van der Waals surface area contributed by atoms with E-state index in [2.05, 4.69) is 38.5 Å². The van der Waals surface area contributed by atoms with Gasteiger partial charge < -0.3 is 5.32 Å². The van der Waals surface area contributed by atoms with Crippen LogP contribution in [0, 0.1) is 6.92 Å². The van der Waals surface area contributed by atoms with Gasteiger partial charge in [0.15, 0.2) is 0 Å². The number of aryl methyl sites for hydroxylation is 2. The van der Waals surface area contributed by atoms with Gasteiger partial charge in [-0.3, -0.25) is 4.68 Å². The second-order valence-corrected chi connectivity index (χ2v) is 7.02. The number of halogens is 2. The van der Waals surface area contributed by atoms with Crippen LogP contribution in [0.4, 0.5) is 0 Å². The molecule has 18 heavy (non-hydrogen) atoms. The summed E-state index contributed by atoms with van der Waals surface area (Å²) < 4.78 is 2.87. The van der Waals surface area contributed by atoms with Gasteiger partial charge in [-0.1, -0.05) is 11.6 Å². The topological polar surface area (TPSA) is 29.9 Å². The lowest BCUT2D eigenvalue weighted by Gasteiger charge is -2.14. The van der Waals surface area contributed by atoms with Crippen molar-refractivity contribution in [3.05, 3.63) is 37.2 Å². The molecule has 0 aromatic carbocycles. The first-order valence-corrected chi connectivity index (χ1v) is 7.62. The zero-order chi connectivity index (χ0) is 13.3. The summed E-state index contributed by atoms with van der Waals surface area (Å²) in [7, 11) is 3.84. The first-order chi connectivity index (χ1) is 8.52. The van der Waals surface area contributed by atoms with Gasteiger partial charge in [0.05, 0.1) is 9.48 Å². The molecule has 1 atom stereocenters. The highest BCUT2D eigenvalue weighted by atomic mass is 79.9. The quantitative estimate of drug-likeness (QED) is 0.913. The maximum Gasteiger partial charge on any atom is 0.130 e. The monoisotopic (exact) mass is 347 g/mol. The minimum absolute atomic E-state index is 0.265. The molecule has 0 radical (unpaired) electrons. The predicted molar refractivity (Wildman–Crippen MR) is 80.5 cm³/mol. The Labute approximate surface area is 124 Å². The molecule has 2 rings (SSSR count). The number of rotatable bonds is 4. The normalized spacial score (nSPS) is 12.9. The first kappa shape index (κ1) is 14.1. The summed E-state index contributed by atoms with van der Waals surface area (Å²) in [6.45, 7) is 2.00. The largest absolute Gasteiger partial charge is 0.312 e. The van der Waals surface area contributed by atoms with Crippen molar-refractivity contribution < 1.29 is 0 Å². The Bertz CT molecular complexity index is 550. The summed E-state index contributed by atoms with van der Waals surface area (Å²) in [4.78, 5) is 1.30. The molecule has 0 bridgehead atoms. The molecular weight excluding hydrogens is 334 g/mol. The number of nitrogens with zero attached hydrogens (tertiary/aromatic N) is 2. The van der Waals surface area contributed by atoms with Crippen LogP contribution in [0.15, 0.2) is 15.9 Å². The lowest BCUT2D eigenvalue weighted by atomic mass is 10.1. The molecule has 0 aliphatic carbocycles. The highest BCUT2D eigenvalue weighted by Crippen LogP contribution is 2.31. The lowest BCUT2D eigenvalue weighted by molar-refractivity contribution is 0.600. The van der Waals surface area contributed by atoms with Crippen molar-refractivity contribution in [3.63, 3.8) is 0 Å². The third-order valence-corrected chi connectivity index (χ3v) is 5.17. The van der Waals surface area contributed by atoms with Gasteiger partial charge in [-0.05, 0) is 48.5 Å². The highest BCUT2D eigenvalue weighted by Gasteiger charge is 2.18. The van der Waals surface area contributed by atoms with E-state index in [9.17, 15) is 0 Å². The second-order valence-electron chi connectivity index (χ2n) is 4.17. The Balaban J connectivity index is 2.25. The SMILES string of the molecule is CNC(Cc1c(C)nn(C)c1Cl)c1ccc(Br)s1. The van der Waals surface area contributed by atoms with E-state index in [-0.39, 0.29) is 6.04 Å². The summed E-state index contributed by atoms with van der Waals surface area (Å²) >= 11 is 11.5. The van der Waals surface area contributed by atoms with Crippen LogP contribution < -0.4 is 5.32 Å². The third kappa shape index (κ3) is 2.79. The zero-order valence-corrected chi connectivity index (χ0v) is 13.7. The first-order valence-electron chi connectivity index (χ1n) is 5.63. The minimum Gasteiger partial charge on any atom is -0.312 e. The molecule has 0 aliphatic rings. The number of nitrogens with one attached hydrogen (secondary N) is 1. The predicted octanol–water partition coefficient (Wildman–Crippen LogP) is 3.71. The van der Waals surface area contributed by atoms with Crippen molar-refractivity contribution in [2.45, 2.75) is 19.4 Å². The molecule has 0 saturated carbocycles. The Morgan fingerprint density at radius 3 is 2.72 bits per heavy atom. The summed E-state index contributed by atoms with van der Waals surface area (Å²) in [5.41, 5.74) is 2.11. The molecular formula is C12H15BrClN3S. The summed E-state index contributed by atoms with van der Waals surface area (Å²) in [6.07, 6.45) is 0.849. The van der Waals surface area contributed by atoms with Crippen molar-refractivity contribution in [2.75, 3.05) is 7.05 Å². The van der Waals surface area contributed by atoms with Crippen molar-refractivity contribution in [1.29, 1.82) is 0 Å². The van der Waals surface area contributed by atoms with Gasteiger partial charge in [-0.2, -0.15) is 5.10 Å². The molecule has 0 spiro atoms. The van der Waals surface area contributed by atoms with Crippen molar-refractivity contribution in [1.82, 2.24) is 15.1 Å². The van der Waals surface area contributed by atoms with Crippen LogP contribution >= 0.6 is 38.9 Å². The molecule has 0 aliphatic heterocycles. The zero-order valence-electron chi connectivity index (χ0n) is 10.5. The average molecular weight is 349 g/mol. The maximum absolute atomic E-state index is 6.27. The van der Waals surface area contributed by atoms with E-state index < -0.39 is 0 Å². The number of hydrogen-bond acceptors (Lipinski definition) is 3. The van der Waals surface area contributed by atoms with Crippen molar-refractivity contribution in [2.24, 2.45) is 7.05 Å². The van der Waals surface area contributed by atoms with E-state index in [1.807, 2.05) is 21.0 Å². The fraction of sp³-hybridized carbons (Fsp3) is 0.417. The molecule has 98 valence electrons. The van der Waals surface area contributed by atoms with E-state index in [1.165, 1.54) is 4.88 Å². The Morgan fingerprint density at radius 1 is 1.56 bits per heavy atom. The molecule has 1 unspecified atom stereocenters. The molecule has 1 N–H and O–H groups in total. The average Bonchev–Trinajstić information content (AvgIpc) is 2.84. The van der Waals surface area contributed by atoms with Crippen LogP contribution in [-0.2, 0) is 13.5 Å². The fourth-order valence-electron chi connectivity index (χ4n) is 1.97. The number of aromatic nitrogens is 2. The molecule has 2 aromatic rings. The van der Waals surface area contributed by atoms with Crippen molar-refractivity contribution >= 4 is 38.9 Å². The van der Waals surface area contributed by atoms with E-state index in [4.69, 9.17) is 11.6 Å². The smallest absolute Gasteiger partial charge is 0.130 e. The summed E-state index contributed by atoms with van der Waals surface area (Å²) in [6, 6.07) is 4.47. The number of thiophene rings is 1. The Hall–Kier alpha value is -0.360. The molecule has 3 nitrogen and oxygen atoms in total. The Kier molecular flexibility index (Phi) is 4.48. The van der Waals surface area contributed by atoms with Gasteiger partial charge >= 0.3 is 0 Å². The summed E-state index contributed by atoms with van der Waals surface area (Å²) in [5, 5.41) is 8.41. The molecule has 2 heterocycles. The second kappa shape index (κ2) is 5.74. The molecule has 2 aromatic heterocycles. The van der Waals surface area contributed by atoms with E-state index in [0.717, 1.165) is 26.6 Å². The van der Waals surface area contributed by atoms with Gasteiger partial charge in [0, 0.05) is 23.5 Å². The van der Waals surface area contributed by atoms with Crippen LogP contribution in [0.25, 0.3) is 0 Å². The molecule has 6 heteroatoms. The van der Waals surface area contributed by atoms with Crippen molar-refractivity contribution in [3.8, 4) is 0 Å². The fourth-order valence-corrected chi connectivity index (χ4v) is 3.76. The maximum atomic E-state index is 6.27. The van der Waals surface area contributed by atoms with E-state index >= 15 is 0 Å².